The van der Waals surface area contributed by atoms with Crippen LogP contribution in [0.4, 0.5) is 0 Å². The molecule has 1 aromatic heterocycles. The molecule has 1 aromatic carbocycles. The summed E-state index contributed by atoms with van der Waals surface area (Å²) >= 11 is 1.35. The highest BCUT2D eigenvalue weighted by Gasteiger charge is 2.14. The number of amides is 1. The van der Waals surface area contributed by atoms with E-state index in [-0.39, 0.29) is 17.6 Å². The fourth-order valence-electron chi connectivity index (χ4n) is 1.31. The van der Waals surface area contributed by atoms with Crippen molar-refractivity contribution in [2.75, 3.05) is 5.75 Å². The number of carbonyl (C=O) groups is 1. The van der Waals surface area contributed by atoms with Gasteiger partial charge in [0.25, 0.3) is 0 Å². The van der Waals surface area contributed by atoms with Crippen LogP contribution in [0, 0.1) is 5.92 Å². The van der Waals surface area contributed by atoms with Crippen molar-refractivity contribution in [2.45, 2.75) is 12.1 Å². The maximum atomic E-state index is 11.0. The number of primary amides is 1. The average molecular weight is 279 g/mol. The molecule has 2 rings (SSSR count). The highest BCUT2D eigenvalue weighted by atomic mass is 32.2. The average Bonchev–Trinajstić information content (AvgIpc) is 2.85. The Hall–Kier alpha value is -2.09. The van der Waals surface area contributed by atoms with Crippen LogP contribution in [-0.2, 0) is 4.79 Å². The topological polar surface area (TPSA) is 107 Å². The SMILES string of the molecule is CC(CSc1nnnn1-c1ccc(O)cc1)C(N)=O. The van der Waals surface area contributed by atoms with Crippen LogP contribution in [0.25, 0.3) is 5.69 Å². The van der Waals surface area contributed by atoms with E-state index >= 15 is 0 Å². The number of aromatic nitrogens is 4. The normalized spacial score (nSPS) is 12.3. The molecule has 1 amide bonds. The predicted octanol–water partition coefficient (Wildman–Crippen LogP) is 0.581. The van der Waals surface area contributed by atoms with Crippen LogP contribution in [0.15, 0.2) is 29.4 Å². The zero-order chi connectivity index (χ0) is 13.8. The van der Waals surface area contributed by atoms with Crippen LogP contribution < -0.4 is 5.73 Å². The molecule has 8 heteroatoms. The number of benzene rings is 1. The fraction of sp³-hybridized carbons (Fsp3) is 0.273. The third-order valence-corrected chi connectivity index (χ3v) is 3.66. The molecule has 100 valence electrons. The van der Waals surface area contributed by atoms with Gasteiger partial charge in [0.2, 0.25) is 11.1 Å². The first-order valence-corrected chi connectivity index (χ1v) is 6.56. The number of phenolic OH excluding ortho intramolecular Hbond substituents is 1. The lowest BCUT2D eigenvalue weighted by Crippen LogP contribution is -2.22. The molecule has 0 saturated heterocycles. The summed E-state index contributed by atoms with van der Waals surface area (Å²) in [5, 5.41) is 21.2. The van der Waals surface area contributed by atoms with E-state index in [4.69, 9.17) is 5.73 Å². The van der Waals surface area contributed by atoms with Gasteiger partial charge in [-0.15, -0.1) is 5.10 Å². The molecule has 0 aliphatic rings. The van der Waals surface area contributed by atoms with E-state index in [1.54, 1.807) is 31.2 Å². The number of thioether (sulfide) groups is 1. The van der Waals surface area contributed by atoms with Crippen LogP contribution in [0.2, 0.25) is 0 Å². The summed E-state index contributed by atoms with van der Waals surface area (Å²) in [4.78, 5) is 11.0. The fourth-order valence-corrected chi connectivity index (χ4v) is 2.23. The molecule has 1 heterocycles. The Morgan fingerprint density at radius 2 is 2.16 bits per heavy atom. The molecule has 0 aliphatic heterocycles. The second kappa shape index (κ2) is 5.70. The Kier molecular flexibility index (Phi) is 4.00. The Bertz CT molecular complexity index is 569. The van der Waals surface area contributed by atoms with Crippen molar-refractivity contribution in [3.05, 3.63) is 24.3 Å². The van der Waals surface area contributed by atoms with Gasteiger partial charge >= 0.3 is 0 Å². The van der Waals surface area contributed by atoms with E-state index in [0.29, 0.717) is 10.9 Å². The van der Waals surface area contributed by atoms with Crippen LogP contribution in [0.1, 0.15) is 6.92 Å². The second-order valence-corrected chi connectivity index (χ2v) is 4.99. The molecule has 2 aromatic rings. The summed E-state index contributed by atoms with van der Waals surface area (Å²) in [6, 6.07) is 6.51. The minimum absolute atomic E-state index is 0.174. The largest absolute Gasteiger partial charge is 0.508 e. The second-order valence-electron chi connectivity index (χ2n) is 4.00. The molecule has 7 nitrogen and oxygen atoms in total. The molecule has 0 bridgehead atoms. The number of hydrogen-bond acceptors (Lipinski definition) is 6. The van der Waals surface area contributed by atoms with Gasteiger partial charge < -0.3 is 10.8 Å². The van der Waals surface area contributed by atoms with Gasteiger partial charge in [-0.05, 0) is 34.7 Å². The molecule has 19 heavy (non-hydrogen) atoms. The van der Waals surface area contributed by atoms with Gasteiger partial charge in [0, 0.05) is 11.7 Å². The van der Waals surface area contributed by atoms with Crippen LogP contribution >= 0.6 is 11.8 Å². The van der Waals surface area contributed by atoms with Crippen molar-refractivity contribution in [3.63, 3.8) is 0 Å². The lowest BCUT2D eigenvalue weighted by molar-refractivity contribution is -0.120. The highest BCUT2D eigenvalue weighted by Crippen LogP contribution is 2.21. The summed E-state index contributed by atoms with van der Waals surface area (Å²) in [6.07, 6.45) is 0. The summed E-state index contributed by atoms with van der Waals surface area (Å²) in [5.41, 5.74) is 5.94. The third-order valence-electron chi connectivity index (χ3n) is 2.48. The lowest BCUT2D eigenvalue weighted by Gasteiger charge is -2.07. The smallest absolute Gasteiger partial charge is 0.221 e. The summed E-state index contributed by atoms with van der Waals surface area (Å²) in [6.45, 7) is 1.75. The Morgan fingerprint density at radius 1 is 1.47 bits per heavy atom. The lowest BCUT2D eigenvalue weighted by atomic mass is 10.2. The molecule has 0 aliphatic carbocycles. The van der Waals surface area contributed by atoms with Crippen molar-refractivity contribution in [1.29, 1.82) is 0 Å². The first kappa shape index (κ1) is 13.3. The van der Waals surface area contributed by atoms with Gasteiger partial charge in [0.1, 0.15) is 5.75 Å². The van der Waals surface area contributed by atoms with Gasteiger partial charge in [-0.1, -0.05) is 18.7 Å². The number of tetrazole rings is 1. The monoisotopic (exact) mass is 279 g/mol. The first-order chi connectivity index (χ1) is 9.08. The molecular weight excluding hydrogens is 266 g/mol. The molecule has 0 saturated carbocycles. The van der Waals surface area contributed by atoms with Gasteiger partial charge in [-0.2, -0.15) is 4.68 Å². The number of rotatable bonds is 5. The summed E-state index contributed by atoms with van der Waals surface area (Å²) in [5.74, 6) is 0.0767. The third kappa shape index (κ3) is 3.22. The standard InChI is InChI=1S/C11H13N5O2S/c1-7(10(12)18)6-19-11-13-14-15-16(11)8-2-4-9(17)5-3-8/h2-5,7,17H,6H2,1H3,(H2,12,18). The predicted molar refractivity (Wildman–Crippen MR) is 69.9 cm³/mol. The zero-order valence-electron chi connectivity index (χ0n) is 10.2. The van der Waals surface area contributed by atoms with Gasteiger partial charge in [-0.3, -0.25) is 4.79 Å². The number of phenols is 1. The number of hydrogen-bond donors (Lipinski definition) is 2. The number of nitrogens with two attached hydrogens (primary N) is 1. The number of carbonyl (C=O) groups excluding carboxylic acids is 1. The molecule has 1 atom stereocenters. The number of aromatic hydroxyl groups is 1. The molecule has 3 N–H and O–H groups in total. The maximum Gasteiger partial charge on any atom is 0.221 e. The van der Waals surface area contributed by atoms with Gasteiger partial charge in [0.05, 0.1) is 5.69 Å². The minimum Gasteiger partial charge on any atom is -0.508 e. The van der Waals surface area contributed by atoms with Crippen LogP contribution in [0.3, 0.4) is 0 Å². The van der Waals surface area contributed by atoms with Crippen molar-refractivity contribution in [2.24, 2.45) is 11.7 Å². The highest BCUT2D eigenvalue weighted by molar-refractivity contribution is 7.99. The first-order valence-electron chi connectivity index (χ1n) is 5.58. The Labute approximate surface area is 113 Å². The number of nitrogens with zero attached hydrogens (tertiary/aromatic N) is 4. The molecular formula is C11H13N5O2S. The minimum atomic E-state index is -0.351. The Balaban J connectivity index is 2.14. The van der Waals surface area contributed by atoms with Gasteiger partial charge in [0.15, 0.2) is 0 Å². The van der Waals surface area contributed by atoms with E-state index in [2.05, 4.69) is 15.5 Å². The van der Waals surface area contributed by atoms with Crippen LogP contribution in [-0.4, -0.2) is 37.0 Å². The van der Waals surface area contributed by atoms with E-state index in [1.807, 2.05) is 0 Å². The van der Waals surface area contributed by atoms with Gasteiger partial charge in [-0.25, -0.2) is 0 Å². The van der Waals surface area contributed by atoms with Crippen molar-refractivity contribution >= 4 is 17.7 Å². The van der Waals surface area contributed by atoms with E-state index in [0.717, 1.165) is 5.69 Å². The van der Waals surface area contributed by atoms with E-state index in [9.17, 15) is 9.90 Å². The van der Waals surface area contributed by atoms with E-state index in [1.165, 1.54) is 16.4 Å². The van der Waals surface area contributed by atoms with Crippen molar-refractivity contribution < 1.29 is 9.90 Å². The summed E-state index contributed by atoms with van der Waals surface area (Å²) < 4.78 is 1.54. The van der Waals surface area contributed by atoms with Crippen LogP contribution in [0.5, 0.6) is 5.75 Å². The molecule has 0 fully saturated rings. The van der Waals surface area contributed by atoms with Crippen molar-refractivity contribution in [1.82, 2.24) is 20.2 Å². The van der Waals surface area contributed by atoms with E-state index < -0.39 is 0 Å². The summed E-state index contributed by atoms with van der Waals surface area (Å²) in [7, 11) is 0. The van der Waals surface area contributed by atoms with Crippen molar-refractivity contribution in [3.8, 4) is 11.4 Å². The Morgan fingerprint density at radius 3 is 2.79 bits per heavy atom. The maximum absolute atomic E-state index is 11.0. The molecule has 0 spiro atoms. The zero-order valence-corrected chi connectivity index (χ0v) is 11.0. The molecule has 0 radical (unpaired) electrons. The quantitative estimate of drug-likeness (QED) is 0.775. The molecule has 1 unspecified atom stereocenters.